The van der Waals surface area contributed by atoms with E-state index in [2.05, 4.69) is 4.98 Å². The van der Waals surface area contributed by atoms with E-state index in [1.54, 1.807) is 42.5 Å². The van der Waals surface area contributed by atoms with Gasteiger partial charge in [-0.25, -0.2) is 17.8 Å². The molecule has 4 nitrogen and oxygen atoms in total. The quantitative estimate of drug-likeness (QED) is 0.489. The Bertz CT molecular complexity index is 1210. The molecular weight excluding hydrogens is 373 g/mol. The van der Waals surface area contributed by atoms with Crippen LogP contribution in [0.1, 0.15) is 10.4 Å². The molecule has 0 aliphatic heterocycles. The van der Waals surface area contributed by atoms with Crippen LogP contribution in [0, 0.1) is 0 Å². The van der Waals surface area contributed by atoms with E-state index < -0.39 is 21.1 Å². The molecule has 0 amide bonds. The average molecular weight is 385 g/mol. The minimum absolute atomic E-state index is 0.0147. The van der Waals surface area contributed by atoms with Gasteiger partial charge in [0.1, 0.15) is 0 Å². The van der Waals surface area contributed by atoms with Gasteiger partial charge in [-0.2, -0.15) is 0 Å². The number of hydrogen-bond donors (Lipinski definition) is 0. The van der Waals surface area contributed by atoms with Gasteiger partial charge < -0.3 is 0 Å². The molecule has 4 aromatic rings. The maximum atomic E-state index is 14.7. The van der Waals surface area contributed by atoms with Crippen molar-refractivity contribution in [2.24, 2.45) is 0 Å². The van der Waals surface area contributed by atoms with Crippen LogP contribution in [0.5, 0.6) is 0 Å². The van der Waals surface area contributed by atoms with Crippen molar-refractivity contribution in [2.45, 2.75) is 9.84 Å². The van der Waals surface area contributed by atoms with Gasteiger partial charge in [0.2, 0.25) is 20.0 Å². The van der Waals surface area contributed by atoms with Crippen molar-refractivity contribution in [1.82, 2.24) is 4.98 Å². The van der Waals surface area contributed by atoms with E-state index in [0.29, 0.717) is 10.2 Å². The first-order valence-corrected chi connectivity index (χ1v) is 10.1. The van der Waals surface area contributed by atoms with Crippen molar-refractivity contribution in [3.05, 3.63) is 72.3 Å². The summed E-state index contributed by atoms with van der Waals surface area (Å²) < 4.78 is 40.0. The second-order valence-corrected chi connectivity index (χ2v) is 8.91. The topological polar surface area (TPSA) is 64.1 Å². The minimum Gasteiger partial charge on any atom is -0.290 e. The van der Waals surface area contributed by atoms with Gasteiger partial charge in [0, 0.05) is 5.56 Å². The lowest BCUT2D eigenvalue weighted by atomic mass is 10.1. The molecule has 0 spiro atoms. The largest absolute Gasteiger partial charge is 0.290 e. The summed E-state index contributed by atoms with van der Waals surface area (Å²) in [4.78, 5) is 16.4. The number of rotatable bonds is 4. The average Bonchev–Trinajstić information content (AvgIpc) is 3.11. The van der Waals surface area contributed by atoms with Crippen molar-refractivity contribution in [1.29, 1.82) is 0 Å². The summed E-state index contributed by atoms with van der Waals surface area (Å²) >= 11 is 0.856. The van der Waals surface area contributed by atoms with Crippen LogP contribution in [0.25, 0.3) is 21.0 Å². The van der Waals surface area contributed by atoms with Gasteiger partial charge in [-0.3, -0.25) is 4.79 Å². The molecule has 1 unspecified atom stereocenters. The molecule has 0 bridgehead atoms. The van der Waals surface area contributed by atoms with Crippen molar-refractivity contribution in [2.75, 3.05) is 0 Å². The number of fused-ring (bicyclic) bond motifs is 2. The van der Waals surface area contributed by atoms with Crippen LogP contribution in [0.15, 0.2) is 71.1 Å². The normalized spacial score (nSPS) is 13.1. The number of ketones is 1. The Kier molecular flexibility index (Phi) is 4.05. The number of nitrogens with zero attached hydrogens (tertiary/aromatic N) is 1. The predicted octanol–water partition coefficient (Wildman–Crippen LogP) is 4.40. The second kappa shape index (κ2) is 6.26. The Morgan fingerprint density at radius 3 is 2.42 bits per heavy atom. The molecule has 0 fully saturated rings. The number of thiazole rings is 1. The highest BCUT2D eigenvalue weighted by molar-refractivity contribution is 7.94. The maximum Gasteiger partial charge on any atom is 0.269 e. The third-order valence-electron chi connectivity index (χ3n) is 4.03. The fourth-order valence-corrected chi connectivity index (χ4v) is 5.18. The molecule has 0 aliphatic carbocycles. The summed E-state index contributed by atoms with van der Waals surface area (Å²) in [6.45, 7) is 0. The molecule has 4 rings (SSSR count). The van der Waals surface area contributed by atoms with Crippen LogP contribution in [0.4, 0.5) is 4.39 Å². The summed E-state index contributed by atoms with van der Waals surface area (Å²) in [6, 6.07) is 18.7. The van der Waals surface area contributed by atoms with Gasteiger partial charge in [0.15, 0.2) is 0 Å². The summed E-state index contributed by atoms with van der Waals surface area (Å²) in [6.07, 6.45) is 0. The van der Waals surface area contributed by atoms with Crippen LogP contribution in [0.3, 0.4) is 0 Å². The third-order valence-corrected chi connectivity index (χ3v) is 7.15. The number of halogens is 1. The molecule has 0 radical (unpaired) electrons. The highest BCUT2D eigenvalue weighted by atomic mass is 32.2. The molecule has 0 aliphatic rings. The van der Waals surface area contributed by atoms with Crippen LogP contribution in [0.2, 0.25) is 0 Å². The molecule has 0 saturated carbocycles. The molecule has 3 aromatic carbocycles. The Morgan fingerprint density at radius 2 is 1.65 bits per heavy atom. The van der Waals surface area contributed by atoms with Crippen LogP contribution in [-0.2, 0) is 9.84 Å². The predicted molar refractivity (Wildman–Crippen MR) is 100.0 cm³/mol. The third kappa shape index (κ3) is 2.79. The molecule has 0 N–H and O–H groups in total. The summed E-state index contributed by atoms with van der Waals surface area (Å²) in [5.74, 6) is -1.09. The Hall–Kier alpha value is -2.64. The lowest BCUT2D eigenvalue weighted by Gasteiger charge is -2.08. The molecule has 26 heavy (non-hydrogen) atoms. The lowest BCUT2D eigenvalue weighted by molar-refractivity contribution is 0.0933. The first kappa shape index (κ1) is 16.8. The van der Waals surface area contributed by atoms with E-state index in [1.807, 2.05) is 12.1 Å². The van der Waals surface area contributed by atoms with Crippen LogP contribution in [-0.4, -0.2) is 24.7 Å². The molecule has 0 saturated heterocycles. The second-order valence-electron chi connectivity index (χ2n) is 5.73. The Morgan fingerprint density at radius 1 is 0.962 bits per heavy atom. The van der Waals surface area contributed by atoms with Crippen molar-refractivity contribution >= 4 is 47.9 Å². The highest BCUT2D eigenvalue weighted by Crippen LogP contribution is 2.29. The zero-order valence-electron chi connectivity index (χ0n) is 13.3. The van der Waals surface area contributed by atoms with Gasteiger partial charge in [0.25, 0.3) is 5.50 Å². The summed E-state index contributed by atoms with van der Waals surface area (Å²) in [5.41, 5.74) is -2.22. The lowest BCUT2D eigenvalue weighted by Crippen LogP contribution is -2.26. The summed E-state index contributed by atoms with van der Waals surface area (Å²) in [7, 11) is -4.51. The number of hydrogen-bond acceptors (Lipinski definition) is 5. The van der Waals surface area contributed by atoms with Crippen LogP contribution >= 0.6 is 11.3 Å². The van der Waals surface area contributed by atoms with E-state index >= 15 is 0 Å². The van der Waals surface area contributed by atoms with Gasteiger partial charge >= 0.3 is 0 Å². The maximum absolute atomic E-state index is 14.7. The smallest absolute Gasteiger partial charge is 0.269 e. The van der Waals surface area contributed by atoms with Gasteiger partial charge in [-0.1, -0.05) is 48.5 Å². The fourth-order valence-electron chi connectivity index (χ4n) is 2.68. The molecule has 130 valence electrons. The minimum atomic E-state index is -4.51. The zero-order valence-corrected chi connectivity index (χ0v) is 14.9. The van der Waals surface area contributed by atoms with Gasteiger partial charge in [0.05, 0.1) is 10.2 Å². The van der Waals surface area contributed by atoms with Gasteiger partial charge in [-0.15, -0.1) is 11.3 Å². The molecule has 1 atom stereocenters. The Balaban J connectivity index is 1.72. The van der Waals surface area contributed by atoms with Crippen LogP contribution < -0.4 is 0 Å². The van der Waals surface area contributed by atoms with E-state index in [0.717, 1.165) is 22.1 Å². The number of benzene rings is 3. The number of carbonyl (C=O) groups is 1. The van der Waals surface area contributed by atoms with Crippen molar-refractivity contribution < 1.29 is 17.6 Å². The molecule has 1 aromatic heterocycles. The highest BCUT2D eigenvalue weighted by Gasteiger charge is 2.37. The number of alkyl halides is 1. The standard InChI is InChI=1S/C19H12FNO3S2/c20-18(17(22)14-10-9-12-5-1-2-6-13(12)11-14)26(23,24)19-21-15-7-3-4-8-16(15)25-19/h1-11,18H. The van der Waals surface area contributed by atoms with Crippen molar-refractivity contribution in [3.63, 3.8) is 0 Å². The summed E-state index contributed by atoms with van der Waals surface area (Å²) in [5, 5.41) is 1.62. The van der Waals surface area contributed by atoms with E-state index in [1.165, 1.54) is 12.1 Å². The molecule has 7 heteroatoms. The first-order chi connectivity index (χ1) is 12.5. The number of carbonyl (C=O) groups excluding carboxylic acids is 1. The number of aromatic nitrogens is 1. The van der Waals surface area contributed by atoms with Gasteiger partial charge in [-0.05, 0) is 29.0 Å². The number of para-hydroxylation sites is 1. The van der Waals surface area contributed by atoms with Crippen molar-refractivity contribution in [3.8, 4) is 0 Å². The first-order valence-electron chi connectivity index (χ1n) is 7.73. The SMILES string of the molecule is O=C(c1ccc2ccccc2c1)C(F)S(=O)(=O)c1nc2ccccc2s1. The Labute approximate surface area is 152 Å². The fraction of sp³-hybridized carbons (Fsp3) is 0.0526. The number of sulfone groups is 1. The monoisotopic (exact) mass is 385 g/mol. The zero-order chi connectivity index (χ0) is 18.3. The molecular formula is C19H12FNO3S2. The van der Waals surface area contributed by atoms with E-state index in [4.69, 9.17) is 0 Å². The molecule has 1 heterocycles. The van der Waals surface area contributed by atoms with E-state index in [9.17, 15) is 17.6 Å². The van der Waals surface area contributed by atoms with E-state index in [-0.39, 0.29) is 9.90 Å². The number of Topliss-reactive ketones (excluding diaryl/α,β-unsaturated/α-hetero) is 1.